The molecule has 0 bridgehead atoms. The maximum atomic E-state index is 13.4. The Kier molecular flexibility index (Phi) is 8.69. The van der Waals surface area contributed by atoms with Crippen molar-refractivity contribution in [3.05, 3.63) is 78.4 Å². The smallest absolute Gasteiger partial charge is 0.264 e. The van der Waals surface area contributed by atoms with Crippen LogP contribution in [0.2, 0.25) is 0 Å². The monoisotopic (exact) mass is 497 g/mol. The third-order valence-corrected chi connectivity index (χ3v) is 6.67. The standard InChI is InChI=1S/C25H27N3O6S/c1-4-34-21-15-13-20(14-16-21)28(35(30,31)22-10-6-5-7-11-22)18-24(29)27-26-17-19-9-8-12-23(32-2)25(19)33-3/h5-17H,4,18H2,1-3H3,(H,27,29)/b26-17-. The molecule has 0 aliphatic heterocycles. The van der Waals surface area contributed by atoms with E-state index in [0.29, 0.717) is 35.1 Å². The van der Waals surface area contributed by atoms with E-state index in [1.54, 1.807) is 60.7 Å². The summed E-state index contributed by atoms with van der Waals surface area (Å²) in [7, 11) is -1.01. The molecule has 0 aromatic heterocycles. The van der Waals surface area contributed by atoms with Crippen molar-refractivity contribution in [3.8, 4) is 17.2 Å². The largest absolute Gasteiger partial charge is 0.494 e. The molecule has 35 heavy (non-hydrogen) atoms. The van der Waals surface area contributed by atoms with Crippen LogP contribution in [-0.2, 0) is 14.8 Å². The fraction of sp³-hybridized carbons (Fsp3) is 0.200. The van der Waals surface area contributed by atoms with Gasteiger partial charge in [-0.25, -0.2) is 13.8 Å². The fourth-order valence-corrected chi connectivity index (χ4v) is 4.71. The Hall–Kier alpha value is -4.05. The lowest BCUT2D eigenvalue weighted by atomic mass is 10.2. The van der Waals surface area contributed by atoms with Crippen LogP contribution < -0.4 is 23.9 Å². The van der Waals surface area contributed by atoms with E-state index >= 15 is 0 Å². The van der Waals surface area contributed by atoms with Crippen LogP contribution >= 0.6 is 0 Å². The highest BCUT2D eigenvalue weighted by atomic mass is 32.2. The SMILES string of the molecule is CCOc1ccc(N(CC(=O)N/N=C\c2cccc(OC)c2OC)S(=O)(=O)c2ccccc2)cc1. The van der Waals surface area contributed by atoms with Crippen molar-refractivity contribution in [1.82, 2.24) is 5.43 Å². The van der Waals surface area contributed by atoms with Crippen LogP contribution in [-0.4, -0.2) is 47.9 Å². The Morgan fingerprint density at radius 1 is 0.971 bits per heavy atom. The maximum Gasteiger partial charge on any atom is 0.264 e. The predicted octanol–water partition coefficient (Wildman–Crippen LogP) is 3.45. The van der Waals surface area contributed by atoms with Gasteiger partial charge in [0.15, 0.2) is 11.5 Å². The first-order chi connectivity index (χ1) is 16.9. The fourth-order valence-electron chi connectivity index (χ4n) is 3.26. The van der Waals surface area contributed by atoms with Crippen molar-refractivity contribution in [2.45, 2.75) is 11.8 Å². The van der Waals surface area contributed by atoms with Gasteiger partial charge in [-0.1, -0.05) is 24.3 Å². The summed E-state index contributed by atoms with van der Waals surface area (Å²) in [5.74, 6) is 0.931. The topological polar surface area (TPSA) is 107 Å². The number of hydrogen-bond acceptors (Lipinski definition) is 7. The van der Waals surface area contributed by atoms with Gasteiger partial charge >= 0.3 is 0 Å². The number of nitrogens with zero attached hydrogens (tertiary/aromatic N) is 2. The third kappa shape index (κ3) is 6.30. The zero-order chi connectivity index (χ0) is 25.3. The van der Waals surface area contributed by atoms with Crippen LogP contribution in [0.4, 0.5) is 5.69 Å². The lowest BCUT2D eigenvalue weighted by Crippen LogP contribution is -2.39. The highest BCUT2D eigenvalue weighted by Crippen LogP contribution is 2.29. The average molecular weight is 498 g/mol. The van der Waals surface area contributed by atoms with E-state index in [0.717, 1.165) is 4.31 Å². The molecule has 0 radical (unpaired) electrons. The number of carbonyl (C=O) groups is 1. The molecule has 3 aromatic rings. The number of hydrogen-bond donors (Lipinski definition) is 1. The molecule has 0 fully saturated rings. The summed E-state index contributed by atoms with van der Waals surface area (Å²) in [5, 5.41) is 3.96. The van der Waals surface area contributed by atoms with Crippen molar-refractivity contribution in [2.24, 2.45) is 5.10 Å². The Labute approximate surface area is 205 Å². The molecule has 1 amide bonds. The molecule has 1 N–H and O–H groups in total. The minimum atomic E-state index is -4.03. The van der Waals surface area contributed by atoms with Crippen molar-refractivity contribution in [1.29, 1.82) is 0 Å². The number of carbonyl (C=O) groups excluding carboxylic acids is 1. The highest BCUT2D eigenvalue weighted by molar-refractivity contribution is 7.92. The van der Waals surface area contributed by atoms with Crippen LogP contribution in [0.5, 0.6) is 17.2 Å². The van der Waals surface area contributed by atoms with E-state index in [2.05, 4.69) is 10.5 Å². The molecule has 0 spiro atoms. The van der Waals surface area contributed by atoms with Gasteiger partial charge in [0.2, 0.25) is 0 Å². The van der Waals surface area contributed by atoms with Crippen molar-refractivity contribution >= 4 is 27.8 Å². The van der Waals surface area contributed by atoms with E-state index in [-0.39, 0.29) is 4.90 Å². The van der Waals surface area contributed by atoms with Crippen molar-refractivity contribution in [2.75, 3.05) is 31.7 Å². The van der Waals surface area contributed by atoms with Crippen LogP contribution in [0.3, 0.4) is 0 Å². The number of amides is 1. The molecule has 3 aromatic carbocycles. The molecule has 0 heterocycles. The first kappa shape index (κ1) is 25.6. The van der Waals surface area contributed by atoms with Gasteiger partial charge in [-0.05, 0) is 55.5 Å². The van der Waals surface area contributed by atoms with E-state index in [1.165, 1.54) is 32.6 Å². The number of rotatable bonds is 11. The van der Waals surface area contributed by atoms with E-state index in [9.17, 15) is 13.2 Å². The Bertz CT molecular complexity index is 1260. The normalized spacial score (nSPS) is 11.2. The molecule has 0 atom stereocenters. The van der Waals surface area contributed by atoms with Gasteiger partial charge in [0.1, 0.15) is 12.3 Å². The van der Waals surface area contributed by atoms with E-state index in [1.807, 2.05) is 6.92 Å². The number of benzene rings is 3. The zero-order valence-electron chi connectivity index (χ0n) is 19.7. The average Bonchev–Trinajstić information content (AvgIpc) is 2.88. The van der Waals surface area contributed by atoms with Gasteiger partial charge in [-0.3, -0.25) is 9.10 Å². The molecule has 0 aliphatic rings. The summed E-state index contributed by atoms with van der Waals surface area (Å²) in [5.41, 5.74) is 3.27. The van der Waals surface area contributed by atoms with Crippen LogP contribution in [0.25, 0.3) is 0 Å². The second kappa shape index (κ2) is 11.9. The molecule has 184 valence electrons. The molecular weight excluding hydrogens is 470 g/mol. The molecule has 0 aliphatic carbocycles. The summed E-state index contributed by atoms with van der Waals surface area (Å²) < 4.78 is 43.8. The highest BCUT2D eigenvalue weighted by Gasteiger charge is 2.27. The third-order valence-electron chi connectivity index (χ3n) is 4.88. The number of sulfonamides is 1. The lowest BCUT2D eigenvalue weighted by Gasteiger charge is -2.24. The number of ether oxygens (including phenoxy) is 3. The van der Waals surface area contributed by atoms with Gasteiger partial charge in [0.25, 0.3) is 15.9 Å². The summed E-state index contributed by atoms with van der Waals surface area (Å²) in [6.07, 6.45) is 1.40. The second-order valence-corrected chi connectivity index (χ2v) is 8.99. The predicted molar refractivity (Wildman–Crippen MR) is 134 cm³/mol. The Morgan fingerprint density at radius 2 is 1.69 bits per heavy atom. The molecule has 0 saturated heterocycles. The number of hydrazone groups is 1. The van der Waals surface area contributed by atoms with Gasteiger partial charge < -0.3 is 14.2 Å². The zero-order valence-corrected chi connectivity index (χ0v) is 20.5. The molecule has 9 nitrogen and oxygen atoms in total. The maximum absolute atomic E-state index is 13.4. The summed E-state index contributed by atoms with van der Waals surface area (Å²) in [4.78, 5) is 12.8. The quantitative estimate of drug-likeness (QED) is 0.321. The lowest BCUT2D eigenvalue weighted by molar-refractivity contribution is -0.119. The first-order valence-corrected chi connectivity index (χ1v) is 12.2. The first-order valence-electron chi connectivity index (χ1n) is 10.7. The van der Waals surface area contributed by atoms with Crippen LogP contribution in [0.15, 0.2) is 82.8 Å². The summed E-state index contributed by atoms with van der Waals surface area (Å²) >= 11 is 0. The van der Waals surface area contributed by atoms with E-state index < -0.39 is 22.5 Å². The summed E-state index contributed by atoms with van der Waals surface area (Å²) in [6, 6.07) is 19.6. The van der Waals surface area contributed by atoms with Crippen LogP contribution in [0.1, 0.15) is 12.5 Å². The van der Waals surface area contributed by atoms with Gasteiger partial charge in [-0.2, -0.15) is 5.10 Å². The number of anilines is 1. The summed E-state index contributed by atoms with van der Waals surface area (Å²) in [6.45, 7) is 1.84. The minimum Gasteiger partial charge on any atom is -0.494 e. The molecular formula is C25H27N3O6S. The Morgan fingerprint density at radius 3 is 2.31 bits per heavy atom. The number of methoxy groups -OCH3 is 2. The minimum absolute atomic E-state index is 0.0614. The molecule has 3 rings (SSSR count). The van der Waals surface area contributed by atoms with Crippen LogP contribution in [0, 0.1) is 0 Å². The number of para-hydroxylation sites is 1. The van der Waals surface area contributed by atoms with E-state index in [4.69, 9.17) is 14.2 Å². The van der Waals surface area contributed by atoms with Gasteiger partial charge in [-0.15, -0.1) is 0 Å². The second-order valence-electron chi connectivity index (χ2n) is 7.13. The van der Waals surface area contributed by atoms with Gasteiger partial charge in [0.05, 0.1) is 37.6 Å². The van der Waals surface area contributed by atoms with Crippen molar-refractivity contribution < 1.29 is 27.4 Å². The molecule has 0 saturated carbocycles. The van der Waals surface area contributed by atoms with Crippen molar-refractivity contribution in [3.63, 3.8) is 0 Å². The number of nitrogens with one attached hydrogen (secondary N) is 1. The Balaban J connectivity index is 1.84. The molecule has 0 unspecified atom stereocenters. The van der Waals surface area contributed by atoms with Gasteiger partial charge in [0, 0.05) is 5.56 Å². The molecule has 10 heteroatoms.